The molecule has 0 amide bonds. The fraction of sp³-hybridized carbons (Fsp3) is 0.143. The van der Waals surface area contributed by atoms with E-state index in [1.807, 2.05) is 24.3 Å². The lowest BCUT2D eigenvalue weighted by atomic mass is 9.96. The largest absolute Gasteiger partial charge is 0.383 e. The van der Waals surface area contributed by atoms with E-state index in [0.717, 1.165) is 27.8 Å². The van der Waals surface area contributed by atoms with E-state index in [9.17, 15) is 0 Å². The van der Waals surface area contributed by atoms with Crippen molar-refractivity contribution in [2.24, 2.45) is 0 Å². The van der Waals surface area contributed by atoms with E-state index in [1.165, 1.54) is 5.56 Å². The molecule has 0 aliphatic carbocycles. The Morgan fingerprint density at radius 3 is 2.27 bits per heavy atom. The molecule has 4 aromatic rings. The summed E-state index contributed by atoms with van der Waals surface area (Å²) in [4.78, 5) is 4.66. The summed E-state index contributed by atoms with van der Waals surface area (Å²) in [6.45, 7) is 4.37. The number of anilines is 1. The first-order valence-electron chi connectivity index (χ1n) is 8.54. The maximum atomic E-state index is 6.13. The summed E-state index contributed by atoms with van der Waals surface area (Å²) < 4.78 is 0. The number of nitrogens with zero attached hydrogens (tertiary/aromatic N) is 2. The summed E-state index contributed by atoms with van der Waals surface area (Å²) in [6.07, 6.45) is 0. The van der Waals surface area contributed by atoms with Crippen molar-refractivity contribution in [2.45, 2.75) is 19.8 Å². The smallest absolute Gasteiger partial charge is 0.184 e. The van der Waals surface area contributed by atoms with Crippen LogP contribution in [0.2, 0.25) is 5.02 Å². The topological polar surface area (TPSA) is 67.6 Å². The molecule has 3 N–H and O–H groups in total. The lowest BCUT2D eigenvalue weighted by molar-refractivity contribution is 0.867. The third kappa shape index (κ3) is 2.93. The molecule has 4 nitrogen and oxygen atoms in total. The molecule has 0 unspecified atom stereocenters. The van der Waals surface area contributed by atoms with Gasteiger partial charge in [0.1, 0.15) is 5.82 Å². The number of hydrogen-bond donors (Lipinski definition) is 2. The molecule has 0 bridgehead atoms. The van der Waals surface area contributed by atoms with E-state index in [0.29, 0.717) is 22.4 Å². The quantitative estimate of drug-likeness (QED) is 0.494. The summed E-state index contributed by atoms with van der Waals surface area (Å²) in [7, 11) is 0. The number of rotatable bonds is 3. The van der Waals surface area contributed by atoms with E-state index in [2.05, 4.69) is 59.4 Å². The first-order valence-corrected chi connectivity index (χ1v) is 8.91. The van der Waals surface area contributed by atoms with E-state index in [-0.39, 0.29) is 0 Å². The third-order valence-corrected chi connectivity index (χ3v) is 4.83. The third-order valence-electron chi connectivity index (χ3n) is 4.58. The van der Waals surface area contributed by atoms with Crippen molar-refractivity contribution in [3.63, 3.8) is 0 Å². The van der Waals surface area contributed by atoms with Crippen LogP contribution >= 0.6 is 11.6 Å². The number of nitrogens with two attached hydrogens (primary N) is 1. The van der Waals surface area contributed by atoms with Crippen molar-refractivity contribution in [3.05, 3.63) is 65.2 Å². The number of fused-ring (bicyclic) bond motifs is 1. The Kier molecular flexibility index (Phi) is 4.13. The summed E-state index contributed by atoms with van der Waals surface area (Å²) in [5, 5.41) is 8.66. The Hall–Kier alpha value is -2.85. The number of hydrogen-bond acceptors (Lipinski definition) is 3. The fourth-order valence-corrected chi connectivity index (χ4v) is 3.22. The Bertz CT molecular complexity index is 1060. The minimum absolute atomic E-state index is 0.491. The van der Waals surface area contributed by atoms with Crippen molar-refractivity contribution in [3.8, 4) is 22.4 Å². The van der Waals surface area contributed by atoms with Gasteiger partial charge in [-0.25, -0.2) is 4.98 Å². The van der Waals surface area contributed by atoms with Crippen LogP contribution in [0.15, 0.2) is 54.6 Å². The number of nitrogen functional groups attached to an aromatic ring is 1. The first kappa shape index (κ1) is 16.6. The summed E-state index contributed by atoms with van der Waals surface area (Å²) in [6, 6.07) is 18.3. The molecule has 0 fully saturated rings. The van der Waals surface area contributed by atoms with Crippen molar-refractivity contribution >= 4 is 28.5 Å². The lowest BCUT2D eigenvalue weighted by Gasteiger charge is -2.10. The van der Waals surface area contributed by atoms with Gasteiger partial charge in [0.2, 0.25) is 0 Å². The molecule has 0 aliphatic heterocycles. The molecule has 0 saturated carbocycles. The zero-order chi connectivity index (χ0) is 18.3. The SMILES string of the molecule is CC(C)c1ccc(-c2cc(-c3ccc(Cl)cc3)nc3n[nH]c(N)c23)cc1. The Labute approximate surface area is 157 Å². The molecule has 4 rings (SSSR count). The molecule has 2 aromatic carbocycles. The maximum Gasteiger partial charge on any atom is 0.184 e. The van der Waals surface area contributed by atoms with E-state index in [1.54, 1.807) is 0 Å². The lowest BCUT2D eigenvalue weighted by Crippen LogP contribution is -1.92. The second kappa shape index (κ2) is 6.46. The van der Waals surface area contributed by atoms with Crippen molar-refractivity contribution in [2.75, 3.05) is 5.73 Å². The second-order valence-corrected chi connectivity index (χ2v) is 7.11. The predicted molar refractivity (Wildman–Crippen MR) is 108 cm³/mol. The van der Waals surface area contributed by atoms with Crippen LogP contribution in [-0.4, -0.2) is 15.2 Å². The molecule has 2 aromatic heterocycles. The van der Waals surface area contributed by atoms with Crippen LogP contribution in [-0.2, 0) is 0 Å². The molecule has 0 aliphatic rings. The Morgan fingerprint density at radius 1 is 0.962 bits per heavy atom. The molecule has 5 heteroatoms. The monoisotopic (exact) mass is 362 g/mol. The van der Waals surface area contributed by atoms with E-state index < -0.39 is 0 Å². The zero-order valence-corrected chi connectivity index (χ0v) is 15.4. The minimum atomic E-state index is 0.491. The van der Waals surface area contributed by atoms with Gasteiger partial charge in [0, 0.05) is 10.6 Å². The van der Waals surface area contributed by atoms with E-state index >= 15 is 0 Å². The van der Waals surface area contributed by atoms with E-state index in [4.69, 9.17) is 17.3 Å². The van der Waals surface area contributed by atoms with Gasteiger partial charge in [-0.1, -0.05) is 61.8 Å². The van der Waals surface area contributed by atoms with Gasteiger partial charge in [-0.15, -0.1) is 0 Å². The molecule has 130 valence electrons. The highest BCUT2D eigenvalue weighted by Gasteiger charge is 2.14. The highest BCUT2D eigenvalue weighted by atomic mass is 35.5. The number of pyridine rings is 1. The molecule has 0 spiro atoms. The highest BCUT2D eigenvalue weighted by Crippen LogP contribution is 2.34. The summed E-state index contributed by atoms with van der Waals surface area (Å²) in [5.41, 5.74) is 12.0. The van der Waals surface area contributed by atoms with Gasteiger partial charge in [0.05, 0.1) is 11.1 Å². The van der Waals surface area contributed by atoms with Gasteiger partial charge < -0.3 is 5.73 Å². The highest BCUT2D eigenvalue weighted by molar-refractivity contribution is 6.30. The van der Waals surface area contributed by atoms with Crippen LogP contribution in [0.25, 0.3) is 33.4 Å². The normalized spacial score (nSPS) is 11.4. The molecule has 2 heterocycles. The van der Waals surface area contributed by atoms with Crippen molar-refractivity contribution < 1.29 is 0 Å². The number of aromatic amines is 1. The average Bonchev–Trinajstić information content (AvgIpc) is 3.03. The second-order valence-electron chi connectivity index (χ2n) is 6.67. The number of aromatic nitrogens is 3. The maximum absolute atomic E-state index is 6.13. The number of halogens is 1. The van der Waals surface area contributed by atoms with Crippen molar-refractivity contribution in [1.29, 1.82) is 0 Å². The molecular weight excluding hydrogens is 344 g/mol. The van der Waals surface area contributed by atoms with Gasteiger partial charge in [0.25, 0.3) is 0 Å². The average molecular weight is 363 g/mol. The number of H-pyrrole nitrogens is 1. The van der Waals surface area contributed by atoms with Crippen molar-refractivity contribution in [1.82, 2.24) is 15.2 Å². The molecule has 0 saturated heterocycles. The van der Waals surface area contributed by atoms with Crippen LogP contribution in [0.5, 0.6) is 0 Å². The number of benzene rings is 2. The van der Waals surface area contributed by atoms with Gasteiger partial charge in [-0.2, -0.15) is 5.10 Å². The van der Waals surface area contributed by atoms with Gasteiger partial charge >= 0.3 is 0 Å². The number of nitrogens with one attached hydrogen (secondary N) is 1. The van der Waals surface area contributed by atoms with Crippen LogP contribution < -0.4 is 5.73 Å². The summed E-state index contributed by atoms with van der Waals surface area (Å²) >= 11 is 6.01. The first-order chi connectivity index (χ1) is 12.5. The molecule has 0 radical (unpaired) electrons. The van der Waals surface area contributed by atoms with Crippen LogP contribution in [0.3, 0.4) is 0 Å². The van der Waals surface area contributed by atoms with Crippen LogP contribution in [0.4, 0.5) is 5.82 Å². The molecule has 0 atom stereocenters. The molecular formula is C21H19ClN4. The minimum Gasteiger partial charge on any atom is -0.383 e. The van der Waals surface area contributed by atoms with Crippen LogP contribution in [0, 0.1) is 0 Å². The zero-order valence-electron chi connectivity index (χ0n) is 14.6. The Morgan fingerprint density at radius 2 is 1.62 bits per heavy atom. The van der Waals surface area contributed by atoms with Crippen LogP contribution in [0.1, 0.15) is 25.3 Å². The van der Waals surface area contributed by atoms with Gasteiger partial charge in [-0.05, 0) is 40.8 Å². The van der Waals surface area contributed by atoms with Gasteiger partial charge in [0.15, 0.2) is 5.65 Å². The predicted octanol–water partition coefficient (Wildman–Crippen LogP) is 5.65. The van der Waals surface area contributed by atoms with Gasteiger partial charge in [-0.3, -0.25) is 5.10 Å². The standard InChI is InChI=1S/C21H19ClN4/c1-12(2)13-3-5-14(6-4-13)17-11-18(15-7-9-16(22)10-8-15)24-21-19(17)20(23)25-26-21/h3-12H,1-2H3,(H3,23,24,25,26). The Balaban J connectivity index is 1.91. The summed E-state index contributed by atoms with van der Waals surface area (Å²) in [5.74, 6) is 1.02. The fourth-order valence-electron chi connectivity index (χ4n) is 3.09. The molecule has 26 heavy (non-hydrogen) atoms.